The van der Waals surface area contributed by atoms with E-state index in [0.717, 1.165) is 19.6 Å². The summed E-state index contributed by atoms with van der Waals surface area (Å²) < 4.78 is 0. The van der Waals surface area contributed by atoms with Gasteiger partial charge in [0.2, 0.25) is 10.2 Å². The average Bonchev–Trinajstić information content (AvgIpc) is 2.82. The number of benzene rings is 2. The number of thioether (sulfide) groups is 2. The topological polar surface area (TPSA) is 109 Å². The Kier molecular flexibility index (Phi) is 15.7. The molecule has 0 atom stereocenters. The van der Waals surface area contributed by atoms with Crippen molar-refractivity contribution in [2.45, 2.75) is 47.3 Å². The summed E-state index contributed by atoms with van der Waals surface area (Å²) in [6, 6.07) is 15.7. The largest absolute Gasteiger partial charge is 0.478 e. The van der Waals surface area contributed by atoms with Gasteiger partial charge in [-0.2, -0.15) is 0 Å². The van der Waals surface area contributed by atoms with Crippen LogP contribution in [0.5, 0.6) is 0 Å². The van der Waals surface area contributed by atoms with Gasteiger partial charge in [-0.3, -0.25) is 9.59 Å². The molecular weight excluding hydrogens is 529 g/mol. The molecule has 0 fully saturated rings. The minimum atomic E-state index is -0.935. The third kappa shape index (κ3) is 15.4. The highest BCUT2D eigenvalue weighted by Crippen LogP contribution is 2.32. The average molecular weight is 559 g/mol. The van der Waals surface area contributed by atoms with Crippen molar-refractivity contribution in [3.8, 4) is 0 Å². The Bertz CT molecular complexity index is 1060. The lowest BCUT2D eigenvalue weighted by atomic mass is 10.4. The van der Waals surface area contributed by atoms with Crippen molar-refractivity contribution in [1.82, 2.24) is 0 Å². The molecule has 2 aromatic rings. The Labute approximate surface area is 230 Å². The van der Waals surface area contributed by atoms with Crippen molar-refractivity contribution in [1.29, 1.82) is 0 Å². The molecule has 0 saturated heterocycles. The van der Waals surface area contributed by atoms with Crippen LogP contribution in [0.25, 0.3) is 0 Å². The highest BCUT2D eigenvalue weighted by Gasteiger charge is 2.07. The van der Waals surface area contributed by atoms with E-state index >= 15 is 0 Å². The highest BCUT2D eigenvalue weighted by molar-refractivity contribution is 8.14. The second kappa shape index (κ2) is 17.2. The van der Waals surface area contributed by atoms with E-state index in [2.05, 4.69) is 26.3 Å². The lowest BCUT2D eigenvalue weighted by Crippen LogP contribution is -1.92. The van der Waals surface area contributed by atoms with Gasteiger partial charge in [-0.15, -0.1) is 0 Å². The molecule has 0 aliphatic rings. The number of aliphatic carboxylic acids is 2. The van der Waals surface area contributed by atoms with E-state index < -0.39 is 11.9 Å². The molecule has 2 aromatic carbocycles. The zero-order valence-corrected chi connectivity index (χ0v) is 23.6. The van der Waals surface area contributed by atoms with Crippen LogP contribution in [0.4, 0.5) is 0 Å². The Morgan fingerprint density at radius 2 is 0.730 bits per heavy atom. The van der Waals surface area contributed by atoms with E-state index in [1.807, 2.05) is 48.5 Å². The summed E-state index contributed by atoms with van der Waals surface area (Å²) in [5.74, 6) is -1.87. The molecule has 0 bridgehead atoms. The van der Waals surface area contributed by atoms with Crippen LogP contribution in [0.15, 0.2) is 117 Å². The molecule has 2 N–H and O–H groups in total. The van der Waals surface area contributed by atoms with E-state index in [1.54, 1.807) is 25.6 Å². The molecule has 196 valence electrons. The predicted molar refractivity (Wildman–Crippen MR) is 153 cm³/mol. The highest BCUT2D eigenvalue weighted by atomic mass is 32.2. The summed E-state index contributed by atoms with van der Waals surface area (Å²) >= 11 is 4.01. The summed E-state index contributed by atoms with van der Waals surface area (Å²) in [6.45, 7) is 19.9. The van der Waals surface area contributed by atoms with Crippen LogP contribution in [0.1, 0.15) is 27.7 Å². The minimum Gasteiger partial charge on any atom is -0.478 e. The van der Waals surface area contributed by atoms with Crippen LogP contribution in [0.2, 0.25) is 0 Å². The normalized spacial score (nSPS) is 9.41. The molecule has 37 heavy (non-hydrogen) atoms. The maximum absolute atomic E-state index is 11.7. The molecule has 0 aliphatic heterocycles. The molecular formula is C28H30O6S3. The fourth-order valence-corrected chi connectivity index (χ4v) is 3.81. The zero-order valence-electron chi connectivity index (χ0n) is 21.2. The molecule has 0 spiro atoms. The van der Waals surface area contributed by atoms with Crippen LogP contribution in [0, 0.1) is 0 Å². The standard InChI is InChI=1S/C20H18O2S3.2C4H6O2/c1-13(2)19(21)24-17-9-5-15(6-10-17)23-16-7-11-18(12-8-16)25-20(22)14(3)4;2*1-3(2)4(5)6/h5-12H,1,3H2,2,4H3;2*1H2,2H3,(H,5,6). The van der Waals surface area contributed by atoms with Crippen molar-refractivity contribution in [3.63, 3.8) is 0 Å². The number of hydrogen-bond donors (Lipinski definition) is 2. The summed E-state index contributed by atoms with van der Waals surface area (Å²) in [5, 5.41) is 15.8. The Hall–Kier alpha value is -3.27. The smallest absolute Gasteiger partial charge is 0.330 e. The molecule has 0 saturated carbocycles. The molecule has 0 heterocycles. The zero-order chi connectivity index (χ0) is 28.7. The van der Waals surface area contributed by atoms with Crippen molar-refractivity contribution in [2.24, 2.45) is 0 Å². The van der Waals surface area contributed by atoms with Gasteiger partial charge in [0.15, 0.2) is 0 Å². The van der Waals surface area contributed by atoms with Gasteiger partial charge < -0.3 is 10.2 Å². The first-order valence-corrected chi connectivity index (χ1v) is 13.0. The Morgan fingerprint density at radius 1 is 0.514 bits per heavy atom. The second-order valence-corrected chi connectivity index (χ2v) is 10.8. The summed E-state index contributed by atoms with van der Waals surface area (Å²) in [7, 11) is 0. The summed E-state index contributed by atoms with van der Waals surface area (Å²) in [6.07, 6.45) is 0. The Balaban J connectivity index is 0.000000896. The molecule has 0 radical (unpaired) electrons. The quantitative estimate of drug-likeness (QED) is 0.251. The molecule has 2 rings (SSSR count). The third-order valence-corrected chi connectivity index (χ3v) is 6.83. The van der Waals surface area contributed by atoms with Gasteiger partial charge in [-0.05, 0) is 111 Å². The first-order valence-electron chi connectivity index (χ1n) is 10.5. The molecule has 9 heteroatoms. The SMILES string of the molecule is C=C(C)C(=O)O.C=C(C)C(=O)O.C=C(C)C(=O)Sc1ccc(Sc2ccc(SC(=O)C(=C)C)cc2)cc1. The second-order valence-electron chi connectivity index (χ2n) is 7.56. The monoisotopic (exact) mass is 558 g/mol. The van der Waals surface area contributed by atoms with Crippen molar-refractivity contribution in [2.75, 3.05) is 0 Å². The van der Waals surface area contributed by atoms with E-state index in [0.29, 0.717) is 11.1 Å². The molecule has 0 unspecified atom stereocenters. The number of carboxylic acids is 2. The van der Waals surface area contributed by atoms with E-state index in [9.17, 15) is 19.2 Å². The summed E-state index contributed by atoms with van der Waals surface area (Å²) in [5.41, 5.74) is 1.45. The number of hydrogen-bond acceptors (Lipinski definition) is 7. The van der Waals surface area contributed by atoms with Crippen molar-refractivity contribution >= 4 is 57.5 Å². The first kappa shape index (κ1) is 33.7. The van der Waals surface area contributed by atoms with E-state index in [4.69, 9.17) is 10.2 Å². The van der Waals surface area contributed by atoms with Gasteiger partial charge in [-0.1, -0.05) is 38.1 Å². The van der Waals surface area contributed by atoms with Crippen molar-refractivity contribution in [3.05, 3.63) is 97.1 Å². The van der Waals surface area contributed by atoms with Gasteiger partial charge in [0, 0.05) is 30.7 Å². The van der Waals surface area contributed by atoms with E-state index in [1.165, 1.54) is 37.4 Å². The third-order valence-electron chi connectivity index (χ3n) is 3.73. The molecule has 0 aliphatic carbocycles. The van der Waals surface area contributed by atoms with Crippen LogP contribution >= 0.6 is 35.3 Å². The number of carbonyl (C=O) groups excluding carboxylic acids is 2. The van der Waals surface area contributed by atoms with Crippen LogP contribution in [-0.2, 0) is 19.2 Å². The molecule has 0 aromatic heterocycles. The predicted octanol–water partition coefficient (Wildman–Crippen LogP) is 7.52. The van der Waals surface area contributed by atoms with Crippen LogP contribution in [-0.4, -0.2) is 32.4 Å². The van der Waals surface area contributed by atoms with Gasteiger partial charge in [0.05, 0.1) is 0 Å². The fourth-order valence-electron chi connectivity index (χ4n) is 1.68. The van der Waals surface area contributed by atoms with Crippen LogP contribution < -0.4 is 0 Å². The van der Waals surface area contributed by atoms with Crippen LogP contribution in [0.3, 0.4) is 0 Å². The molecule has 6 nitrogen and oxygen atoms in total. The lowest BCUT2D eigenvalue weighted by molar-refractivity contribution is -0.133. The van der Waals surface area contributed by atoms with Gasteiger partial charge in [0.1, 0.15) is 0 Å². The lowest BCUT2D eigenvalue weighted by Gasteiger charge is -2.05. The van der Waals surface area contributed by atoms with Gasteiger partial charge in [0.25, 0.3) is 0 Å². The number of rotatable bonds is 8. The van der Waals surface area contributed by atoms with Gasteiger partial charge in [-0.25, -0.2) is 9.59 Å². The van der Waals surface area contributed by atoms with Gasteiger partial charge >= 0.3 is 11.9 Å². The maximum atomic E-state index is 11.7. The fraction of sp³-hybridized carbons (Fsp3) is 0.143. The Morgan fingerprint density at radius 3 is 0.919 bits per heavy atom. The minimum absolute atomic E-state index is 0.0159. The van der Waals surface area contributed by atoms with Crippen molar-refractivity contribution < 1.29 is 29.4 Å². The number of carboxylic acid groups (broad SMARTS) is 2. The molecule has 0 amide bonds. The van der Waals surface area contributed by atoms with E-state index in [-0.39, 0.29) is 21.4 Å². The summed E-state index contributed by atoms with van der Waals surface area (Å²) in [4.78, 5) is 46.5. The maximum Gasteiger partial charge on any atom is 0.330 e. The first-order chi connectivity index (χ1) is 17.1. The number of carbonyl (C=O) groups is 4.